The van der Waals surface area contributed by atoms with Gasteiger partial charge in [-0.1, -0.05) is 54.6 Å². The van der Waals surface area contributed by atoms with Gasteiger partial charge in [-0.05, 0) is 35.4 Å². The summed E-state index contributed by atoms with van der Waals surface area (Å²) in [6.45, 7) is 1.20. The molecule has 0 spiro atoms. The van der Waals surface area contributed by atoms with Crippen molar-refractivity contribution in [3.05, 3.63) is 109 Å². The third-order valence-electron chi connectivity index (χ3n) is 5.02. The van der Waals surface area contributed by atoms with Gasteiger partial charge >= 0.3 is 6.03 Å². The normalized spacial score (nSPS) is 10.5. The number of nitrogens with zero attached hydrogens (tertiary/aromatic N) is 3. The van der Waals surface area contributed by atoms with Crippen molar-refractivity contribution < 1.29 is 4.79 Å². The van der Waals surface area contributed by atoms with E-state index in [1.54, 1.807) is 12.5 Å². The highest BCUT2D eigenvalue weighted by atomic mass is 16.2. The summed E-state index contributed by atoms with van der Waals surface area (Å²) in [6, 6.07) is 25.8. The summed E-state index contributed by atoms with van der Waals surface area (Å²) in [5.41, 5.74) is 5.00. The number of carbonyl (C=O) groups is 1. The lowest BCUT2D eigenvalue weighted by atomic mass is 10.2. The minimum atomic E-state index is -0.237. The molecule has 6 heteroatoms. The van der Waals surface area contributed by atoms with Crippen LogP contribution in [0.4, 0.5) is 16.2 Å². The Morgan fingerprint density at radius 3 is 2.42 bits per heavy atom. The number of anilines is 2. The molecule has 4 aromatic rings. The molecular formula is C25H25N5O. The van der Waals surface area contributed by atoms with Crippen molar-refractivity contribution in [3.8, 4) is 5.69 Å². The molecule has 0 fully saturated rings. The van der Waals surface area contributed by atoms with Crippen LogP contribution < -0.4 is 15.5 Å². The molecule has 0 saturated carbocycles. The predicted molar refractivity (Wildman–Crippen MR) is 124 cm³/mol. The van der Waals surface area contributed by atoms with Gasteiger partial charge in [-0.3, -0.25) is 0 Å². The Hall–Kier alpha value is -4.06. The van der Waals surface area contributed by atoms with E-state index in [0.29, 0.717) is 6.54 Å². The second-order valence-electron chi connectivity index (χ2n) is 7.30. The average Bonchev–Trinajstić information content (AvgIpc) is 3.34. The van der Waals surface area contributed by atoms with Crippen LogP contribution in [0.1, 0.15) is 11.1 Å². The molecule has 31 heavy (non-hydrogen) atoms. The third-order valence-corrected chi connectivity index (χ3v) is 5.02. The van der Waals surface area contributed by atoms with Crippen molar-refractivity contribution in [2.75, 3.05) is 17.3 Å². The number of benzene rings is 3. The van der Waals surface area contributed by atoms with E-state index in [-0.39, 0.29) is 6.03 Å². The van der Waals surface area contributed by atoms with Crippen LogP contribution >= 0.6 is 0 Å². The molecule has 0 aliphatic rings. The fourth-order valence-corrected chi connectivity index (χ4v) is 3.40. The zero-order valence-electron chi connectivity index (χ0n) is 17.4. The van der Waals surface area contributed by atoms with Gasteiger partial charge in [-0.2, -0.15) is 0 Å². The van der Waals surface area contributed by atoms with E-state index in [1.807, 2.05) is 84.5 Å². The Bertz CT molecular complexity index is 1110. The molecule has 0 atom stereocenters. The van der Waals surface area contributed by atoms with Crippen LogP contribution in [0.5, 0.6) is 0 Å². The standard InChI is InChI=1S/C25H25N5O/c1-29(18-21-7-3-2-4-8-21)24-10-6-5-9-23(24)28-25(31)27-17-20-11-13-22(14-12-20)30-16-15-26-19-30/h2-16,19H,17-18H2,1H3,(H2,27,28,31). The number of para-hydroxylation sites is 2. The van der Waals surface area contributed by atoms with E-state index in [1.165, 1.54) is 5.56 Å². The number of imidazole rings is 1. The van der Waals surface area contributed by atoms with E-state index >= 15 is 0 Å². The molecule has 0 radical (unpaired) electrons. The molecular weight excluding hydrogens is 386 g/mol. The van der Waals surface area contributed by atoms with Crippen LogP contribution in [-0.4, -0.2) is 22.6 Å². The summed E-state index contributed by atoms with van der Waals surface area (Å²) in [5.74, 6) is 0. The zero-order valence-corrected chi connectivity index (χ0v) is 17.4. The van der Waals surface area contributed by atoms with Crippen LogP contribution in [0.25, 0.3) is 5.69 Å². The highest BCUT2D eigenvalue weighted by molar-refractivity contribution is 5.93. The Balaban J connectivity index is 1.35. The van der Waals surface area contributed by atoms with E-state index in [0.717, 1.165) is 29.2 Å². The quantitative estimate of drug-likeness (QED) is 0.458. The second-order valence-corrected chi connectivity index (χ2v) is 7.30. The summed E-state index contributed by atoms with van der Waals surface area (Å²) in [7, 11) is 2.02. The first-order valence-corrected chi connectivity index (χ1v) is 10.2. The van der Waals surface area contributed by atoms with Gasteiger partial charge in [-0.25, -0.2) is 9.78 Å². The maximum Gasteiger partial charge on any atom is 0.319 e. The van der Waals surface area contributed by atoms with E-state index in [4.69, 9.17) is 0 Å². The maximum atomic E-state index is 12.5. The number of aromatic nitrogens is 2. The molecule has 0 aliphatic heterocycles. The average molecular weight is 412 g/mol. The number of hydrogen-bond acceptors (Lipinski definition) is 3. The Morgan fingerprint density at radius 1 is 0.935 bits per heavy atom. The molecule has 2 N–H and O–H groups in total. The number of rotatable bonds is 7. The molecule has 0 saturated heterocycles. The lowest BCUT2D eigenvalue weighted by Gasteiger charge is -2.23. The SMILES string of the molecule is CN(Cc1ccccc1)c1ccccc1NC(=O)NCc1ccc(-n2ccnc2)cc1. The van der Waals surface area contributed by atoms with Gasteiger partial charge in [0.2, 0.25) is 0 Å². The summed E-state index contributed by atoms with van der Waals surface area (Å²) < 4.78 is 1.94. The minimum absolute atomic E-state index is 0.237. The van der Waals surface area contributed by atoms with Crippen molar-refractivity contribution in [1.82, 2.24) is 14.9 Å². The molecule has 0 aliphatic carbocycles. The first-order valence-electron chi connectivity index (χ1n) is 10.2. The highest BCUT2D eigenvalue weighted by Gasteiger charge is 2.10. The lowest BCUT2D eigenvalue weighted by molar-refractivity contribution is 0.251. The van der Waals surface area contributed by atoms with Gasteiger partial charge in [0.15, 0.2) is 0 Å². The lowest BCUT2D eigenvalue weighted by Crippen LogP contribution is -2.29. The largest absolute Gasteiger partial charge is 0.369 e. The van der Waals surface area contributed by atoms with Crippen LogP contribution in [0.3, 0.4) is 0 Å². The predicted octanol–water partition coefficient (Wildman–Crippen LogP) is 4.83. The Labute approximate surface area is 182 Å². The van der Waals surface area contributed by atoms with Crippen molar-refractivity contribution in [2.24, 2.45) is 0 Å². The number of hydrogen-bond donors (Lipinski definition) is 2. The molecule has 0 bridgehead atoms. The fourth-order valence-electron chi connectivity index (χ4n) is 3.40. The number of urea groups is 1. The smallest absolute Gasteiger partial charge is 0.319 e. The third kappa shape index (κ3) is 5.30. The van der Waals surface area contributed by atoms with Gasteiger partial charge in [-0.15, -0.1) is 0 Å². The molecule has 1 aromatic heterocycles. The first-order chi connectivity index (χ1) is 15.2. The molecule has 156 valence electrons. The highest BCUT2D eigenvalue weighted by Crippen LogP contribution is 2.25. The van der Waals surface area contributed by atoms with Crippen LogP contribution in [0.2, 0.25) is 0 Å². The summed E-state index contributed by atoms with van der Waals surface area (Å²) in [5, 5.41) is 5.91. The Morgan fingerprint density at radius 2 is 1.68 bits per heavy atom. The van der Waals surface area contributed by atoms with Crippen molar-refractivity contribution >= 4 is 17.4 Å². The molecule has 2 amide bonds. The van der Waals surface area contributed by atoms with E-state index < -0.39 is 0 Å². The maximum absolute atomic E-state index is 12.5. The first kappa shape index (κ1) is 20.2. The van der Waals surface area contributed by atoms with Gasteiger partial charge in [0, 0.05) is 38.2 Å². The molecule has 6 nitrogen and oxygen atoms in total. The van der Waals surface area contributed by atoms with Crippen molar-refractivity contribution in [1.29, 1.82) is 0 Å². The van der Waals surface area contributed by atoms with Gasteiger partial charge in [0.05, 0.1) is 17.7 Å². The fraction of sp³-hybridized carbons (Fsp3) is 0.120. The van der Waals surface area contributed by atoms with Crippen molar-refractivity contribution in [3.63, 3.8) is 0 Å². The van der Waals surface area contributed by atoms with Crippen LogP contribution in [-0.2, 0) is 13.1 Å². The minimum Gasteiger partial charge on any atom is -0.369 e. The summed E-state index contributed by atoms with van der Waals surface area (Å²) in [4.78, 5) is 18.7. The van der Waals surface area contributed by atoms with Gasteiger partial charge in [0.25, 0.3) is 0 Å². The summed E-state index contributed by atoms with van der Waals surface area (Å²) in [6.07, 6.45) is 5.40. The molecule has 4 rings (SSSR count). The number of carbonyl (C=O) groups excluding carboxylic acids is 1. The van der Waals surface area contributed by atoms with E-state index in [9.17, 15) is 4.79 Å². The summed E-state index contributed by atoms with van der Waals surface area (Å²) >= 11 is 0. The topological polar surface area (TPSA) is 62.2 Å². The van der Waals surface area contributed by atoms with Crippen molar-refractivity contribution in [2.45, 2.75) is 13.1 Å². The van der Waals surface area contributed by atoms with E-state index in [2.05, 4.69) is 32.7 Å². The zero-order chi connectivity index (χ0) is 21.5. The van der Waals surface area contributed by atoms with Gasteiger partial charge < -0.3 is 20.1 Å². The second kappa shape index (κ2) is 9.63. The Kier molecular flexibility index (Phi) is 6.28. The molecule has 1 heterocycles. The van der Waals surface area contributed by atoms with Crippen LogP contribution in [0.15, 0.2) is 97.6 Å². The molecule has 3 aromatic carbocycles. The molecule has 0 unspecified atom stereocenters. The number of nitrogens with one attached hydrogen (secondary N) is 2. The number of amides is 2. The monoisotopic (exact) mass is 411 g/mol. The van der Waals surface area contributed by atoms with Gasteiger partial charge in [0.1, 0.15) is 0 Å². The van der Waals surface area contributed by atoms with Crippen LogP contribution in [0, 0.1) is 0 Å².